The number of aliphatic hydroxyl groups is 1. The number of aliphatic hydroxyl groups excluding tert-OH is 1. The Labute approximate surface area is 285 Å². The van der Waals surface area contributed by atoms with Crippen LogP contribution in [0.3, 0.4) is 0 Å². The molecule has 0 radical (unpaired) electrons. The minimum atomic E-state index is -1.18. The fourth-order valence-electron chi connectivity index (χ4n) is 4.99. The number of hydrogen-bond acceptors (Lipinski definition) is 8. The number of aliphatic carboxylic acids is 1. The van der Waals surface area contributed by atoms with E-state index in [1.54, 1.807) is 13.8 Å². The summed E-state index contributed by atoms with van der Waals surface area (Å²) in [5.41, 5.74) is 8.21. The number of carboxylic acid groups (broad SMARTS) is 1. The Morgan fingerprint density at radius 3 is 2.17 bits per heavy atom. The molecule has 14 heteroatoms. The molecule has 0 unspecified atom stereocenters. The molecule has 11 nitrogen and oxygen atoms in total. The van der Waals surface area contributed by atoms with E-state index in [9.17, 15) is 33.1 Å². The quantitative estimate of drug-likeness (QED) is 0.103. The average Bonchev–Trinajstić information content (AvgIpc) is 3.03. The van der Waals surface area contributed by atoms with Crippen molar-refractivity contribution in [1.82, 2.24) is 21.3 Å². The van der Waals surface area contributed by atoms with Crippen molar-refractivity contribution >= 4 is 35.5 Å². The molecule has 0 saturated carbocycles. The molecular weight excluding hydrogens is 644 g/mol. The maximum atomic E-state index is 14.0. The predicted molar refractivity (Wildman–Crippen MR) is 182 cm³/mol. The molecule has 0 aliphatic carbocycles. The second-order valence-electron chi connectivity index (χ2n) is 12.1. The first kappa shape index (κ1) is 40.6. The topological polar surface area (TPSA) is 183 Å². The molecule has 0 spiro atoms. The summed E-state index contributed by atoms with van der Waals surface area (Å²) in [5, 5.41) is 31.3. The van der Waals surface area contributed by atoms with Crippen molar-refractivity contribution in [1.29, 1.82) is 0 Å². The van der Waals surface area contributed by atoms with E-state index < -0.39 is 71.5 Å². The summed E-state index contributed by atoms with van der Waals surface area (Å²) in [5.74, 6) is -4.60. The number of nitrogens with one attached hydrogen (secondary N) is 4. The smallest absolute Gasteiger partial charge is 0.303 e. The van der Waals surface area contributed by atoms with Gasteiger partial charge in [0.15, 0.2) is 0 Å². The highest BCUT2D eigenvalue weighted by Crippen LogP contribution is 2.14. The van der Waals surface area contributed by atoms with Crippen molar-refractivity contribution < 1.29 is 38.2 Å². The Bertz CT molecular complexity index is 1350. The summed E-state index contributed by atoms with van der Waals surface area (Å²) in [4.78, 5) is 50.6. The number of carbonyl (C=O) groups is 4. The first-order chi connectivity index (χ1) is 22.7. The Morgan fingerprint density at radius 1 is 0.896 bits per heavy atom. The van der Waals surface area contributed by atoms with Gasteiger partial charge in [-0.1, -0.05) is 45.0 Å². The molecule has 5 atom stereocenters. The molecule has 0 aliphatic heterocycles. The van der Waals surface area contributed by atoms with E-state index in [0.29, 0.717) is 12.3 Å². The van der Waals surface area contributed by atoms with Crippen LogP contribution < -0.4 is 27.0 Å². The number of hydrogen-bond donors (Lipinski definition) is 7. The molecule has 2 aromatic carbocycles. The van der Waals surface area contributed by atoms with Crippen LogP contribution in [0.2, 0.25) is 0 Å². The van der Waals surface area contributed by atoms with E-state index in [-0.39, 0.29) is 37.8 Å². The number of thioether (sulfide) groups is 1. The SMILES string of the molecule is CCc1cccc(CNC[C@@H](O)[C@H](Cc2cc(F)cc(F)c2)NC(=O)[C@H](CCSC)NC(=O)[C@@H](NC(=O)[C@@H](N)CCC(=O)O)C(C)C)c1. The molecule has 2 rings (SSSR count). The maximum Gasteiger partial charge on any atom is 0.303 e. The van der Waals surface area contributed by atoms with Crippen molar-refractivity contribution in [3.63, 3.8) is 0 Å². The molecule has 0 fully saturated rings. The maximum absolute atomic E-state index is 14.0. The number of amides is 3. The largest absolute Gasteiger partial charge is 0.481 e. The second kappa shape index (κ2) is 20.7. The Morgan fingerprint density at radius 2 is 1.56 bits per heavy atom. The molecule has 0 aliphatic rings. The highest BCUT2D eigenvalue weighted by molar-refractivity contribution is 7.98. The van der Waals surface area contributed by atoms with Gasteiger partial charge in [0.2, 0.25) is 17.7 Å². The van der Waals surface area contributed by atoms with E-state index in [1.807, 2.05) is 37.4 Å². The van der Waals surface area contributed by atoms with Gasteiger partial charge in [0.05, 0.1) is 18.2 Å². The van der Waals surface area contributed by atoms with E-state index >= 15 is 0 Å². The molecular formula is C34H49F2N5O6S. The van der Waals surface area contributed by atoms with E-state index in [1.165, 1.54) is 11.8 Å². The highest BCUT2D eigenvalue weighted by Gasteiger charge is 2.32. The molecule has 266 valence electrons. The lowest BCUT2D eigenvalue weighted by Crippen LogP contribution is -2.59. The number of aryl methyl sites for hydroxylation is 1. The van der Waals surface area contributed by atoms with Crippen LogP contribution in [0.4, 0.5) is 8.78 Å². The number of halogens is 2. The second-order valence-corrected chi connectivity index (χ2v) is 13.1. The lowest BCUT2D eigenvalue weighted by atomic mass is 9.99. The zero-order valence-electron chi connectivity index (χ0n) is 27.9. The number of nitrogens with two attached hydrogens (primary N) is 1. The van der Waals surface area contributed by atoms with Gasteiger partial charge < -0.3 is 37.2 Å². The van der Waals surface area contributed by atoms with Gasteiger partial charge in [0.1, 0.15) is 23.7 Å². The third-order valence-electron chi connectivity index (χ3n) is 7.75. The molecule has 3 amide bonds. The van der Waals surface area contributed by atoms with Gasteiger partial charge in [-0.25, -0.2) is 8.78 Å². The van der Waals surface area contributed by atoms with E-state index in [4.69, 9.17) is 10.8 Å². The van der Waals surface area contributed by atoms with Crippen molar-refractivity contribution in [2.24, 2.45) is 11.7 Å². The van der Waals surface area contributed by atoms with Crippen LogP contribution in [-0.2, 0) is 38.6 Å². The van der Waals surface area contributed by atoms with Crippen LogP contribution in [0.25, 0.3) is 0 Å². The zero-order chi connectivity index (χ0) is 35.8. The highest BCUT2D eigenvalue weighted by atomic mass is 32.2. The van der Waals surface area contributed by atoms with E-state index in [0.717, 1.165) is 35.7 Å². The van der Waals surface area contributed by atoms with Gasteiger partial charge in [0.25, 0.3) is 0 Å². The Hall–Kier alpha value is -3.59. The van der Waals surface area contributed by atoms with Crippen LogP contribution >= 0.6 is 11.8 Å². The van der Waals surface area contributed by atoms with Crippen LogP contribution in [0.1, 0.15) is 56.7 Å². The fraction of sp³-hybridized carbons (Fsp3) is 0.529. The standard InChI is InChI=1S/C34H49F2N5O6S/c1-5-21-7-6-8-22(13-21)18-38-19-29(42)28(16-23-14-24(35)17-25(36)15-23)40-33(46)27(11-12-48-4)39-34(47)31(20(2)3)41-32(45)26(37)9-10-30(43)44/h6-8,13-15,17,20,26-29,31,38,42H,5,9-12,16,18-19,37H2,1-4H3,(H,39,47)(H,40,46)(H,41,45)(H,43,44)/t26-,27-,28-,29+,31-/m0/s1. The molecule has 0 bridgehead atoms. The van der Waals surface area contributed by atoms with Crippen LogP contribution in [-0.4, -0.2) is 82.7 Å². The molecule has 0 aromatic heterocycles. The summed E-state index contributed by atoms with van der Waals surface area (Å²) in [6.07, 6.45) is 1.19. The fourth-order valence-corrected chi connectivity index (χ4v) is 5.46. The van der Waals surface area contributed by atoms with Gasteiger partial charge in [-0.15, -0.1) is 0 Å². The van der Waals surface area contributed by atoms with Crippen LogP contribution in [0, 0.1) is 17.6 Å². The van der Waals surface area contributed by atoms with Crippen LogP contribution in [0.5, 0.6) is 0 Å². The third-order valence-corrected chi connectivity index (χ3v) is 8.39. The predicted octanol–water partition coefficient (Wildman–Crippen LogP) is 2.28. The Kier molecular flexibility index (Phi) is 17.5. The van der Waals surface area contributed by atoms with Crippen molar-refractivity contribution in [2.75, 3.05) is 18.6 Å². The summed E-state index contributed by atoms with van der Waals surface area (Å²) in [6.45, 7) is 5.92. The minimum absolute atomic E-state index is 0.0462. The average molecular weight is 694 g/mol. The van der Waals surface area contributed by atoms with Crippen LogP contribution in [0.15, 0.2) is 42.5 Å². The van der Waals surface area contributed by atoms with Gasteiger partial charge >= 0.3 is 5.97 Å². The van der Waals surface area contributed by atoms with Gasteiger partial charge in [0, 0.05) is 25.6 Å². The third kappa shape index (κ3) is 14.3. The normalized spacial score (nSPS) is 14.4. The summed E-state index contributed by atoms with van der Waals surface area (Å²) in [6, 6.07) is 6.65. The molecule has 0 saturated heterocycles. The monoisotopic (exact) mass is 693 g/mol. The minimum Gasteiger partial charge on any atom is -0.481 e. The Balaban J connectivity index is 2.22. The zero-order valence-corrected chi connectivity index (χ0v) is 28.7. The lowest BCUT2D eigenvalue weighted by Gasteiger charge is -2.29. The first-order valence-electron chi connectivity index (χ1n) is 16.0. The van der Waals surface area contributed by atoms with Gasteiger partial charge in [-0.3, -0.25) is 19.2 Å². The molecule has 48 heavy (non-hydrogen) atoms. The number of rotatable bonds is 21. The molecule has 2 aromatic rings. The van der Waals surface area contributed by atoms with Gasteiger partial charge in [-0.2, -0.15) is 11.8 Å². The number of carboxylic acids is 1. The summed E-state index contributed by atoms with van der Waals surface area (Å²) >= 11 is 1.45. The van der Waals surface area contributed by atoms with Gasteiger partial charge in [-0.05, 0) is 72.4 Å². The summed E-state index contributed by atoms with van der Waals surface area (Å²) in [7, 11) is 0. The summed E-state index contributed by atoms with van der Waals surface area (Å²) < 4.78 is 28.1. The molecule has 0 heterocycles. The van der Waals surface area contributed by atoms with Crippen molar-refractivity contribution in [3.05, 3.63) is 70.8 Å². The van der Waals surface area contributed by atoms with E-state index in [2.05, 4.69) is 21.3 Å². The van der Waals surface area contributed by atoms with Crippen molar-refractivity contribution in [3.8, 4) is 0 Å². The van der Waals surface area contributed by atoms with Crippen molar-refractivity contribution in [2.45, 2.75) is 89.7 Å². The first-order valence-corrected chi connectivity index (χ1v) is 17.4. The number of benzene rings is 2. The number of carbonyl (C=O) groups excluding carboxylic acids is 3. The molecule has 8 N–H and O–H groups in total. The lowest BCUT2D eigenvalue weighted by molar-refractivity contribution is -0.137.